The summed E-state index contributed by atoms with van der Waals surface area (Å²) in [6.07, 6.45) is 0. The highest BCUT2D eigenvalue weighted by Gasteiger charge is 2.14. The van der Waals surface area contributed by atoms with E-state index in [9.17, 15) is 9.59 Å². The van der Waals surface area contributed by atoms with Crippen molar-refractivity contribution in [3.05, 3.63) is 81.3 Å². The van der Waals surface area contributed by atoms with Crippen molar-refractivity contribution in [3.8, 4) is 11.5 Å². The molecule has 122 valence electrons. The van der Waals surface area contributed by atoms with Crippen LogP contribution in [-0.4, -0.2) is 10.9 Å². The lowest BCUT2D eigenvalue weighted by Gasteiger charge is -2.09. The molecule has 0 bridgehead atoms. The average Bonchev–Trinajstić information content (AvgIpc) is 3.17. The monoisotopic (exact) mass is 348 g/mol. The van der Waals surface area contributed by atoms with E-state index in [4.69, 9.17) is 4.42 Å². The molecular weight excluding hydrogens is 336 g/mol. The van der Waals surface area contributed by atoms with Crippen LogP contribution >= 0.6 is 11.3 Å². The highest BCUT2D eigenvalue weighted by Crippen LogP contribution is 2.27. The van der Waals surface area contributed by atoms with Crippen LogP contribution in [0.25, 0.3) is 22.4 Å². The van der Waals surface area contributed by atoms with Gasteiger partial charge in [-0.2, -0.15) is 0 Å². The Morgan fingerprint density at radius 2 is 1.80 bits per heavy atom. The predicted molar refractivity (Wildman–Crippen MR) is 98.0 cm³/mol. The van der Waals surface area contributed by atoms with Gasteiger partial charge in [0.1, 0.15) is 0 Å². The molecule has 5 nitrogen and oxygen atoms in total. The summed E-state index contributed by atoms with van der Waals surface area (Å²) in [5, 5.41) is 5.11. The van der Waals surface area contributed by atoms with Crippen LogP contribution in [0.4, 0.5) is 5.69 Å². The summed E-state index contributed by atoms with van der Waals surface area (Å²) in [5.41, 5.74) is 1.18. The molecule has 0 saturated carbocycles. The van der Waals surface area contributed by atoms with Crippen molar-refractivity contribution >= 4 is 33.8 Å². The third-order valence-electron chi connectivity index (χ3n) is 3.69. The summed E-state index contributed by atoms with van der Waals surface area (Å²) < 4.78 is 5.37. The number of aromatic nitrogens is 1. The number of benzene rings is 2. The molecular formula is C19H12N2O3S. The van der Waals surface area contributed by atoms with E-state index in [-0.39, 0.29) is 11.8 Å². The number of thiophene rings is 1. The Bertz CT molecular complexity index is 1120. The van der Waals surface area contributed by atoms with Gasteiger partial charge in [-0.1, -0.05) is 30.3 Å². The van der Waals surface area contributed by atoms with Crippen molar-refractivity contribution in [2.45, 2.75) is 0 Å². The van der Waals surface area contributed by atoms with Gasteiger partial charge in [-0.05, 0) is 35.7 Å². The summed E-state index contributed by atoms with van der Waals surface area (Å²) in [7, 11) is 0. The second-order valence-electron chi connectivity index (χ2n) is 5.30. The van der Waals surface area contributed by atoms with Crippen molar-refractivity contribution in [2.24, 2.45) is 0 Å². The fourth-order valence-electron chi connectivity index (χ4n) is 2.50. The number of hydrogen-bond donors (Lipinski definition) is 1. The summed E-state index contributed by atoms with van der Waals surface area (Å²) in [6.45, 7) is 0. The first-order valence-electron chi connectivity index (χ1n) is 7.56. The Hall–Kier alpha value is -3.25. The number of para-hydroxylation sites is 2. The van der Waals surface area contributed by atoms with Crippen molar-refractivity contribution in [1.82, 2.24) is 4.98 Å². The molecule has 1 amide bonds. The van der Waals surface area contributed by atoms with Gasteiger partial charge in [0.25, 0.3) is 5.91 Å². The predicted octanol–water partition coefficient (Wildman–Crippen LogP) is 4.17. The molecule has 0 saturated heterocycles. The zero-order valence-corrected chi connectivity index (χ0v) is 13.7. The number of amides is 1. The zero-order chi connectivity index (χ0) is 17.2. The summed E-state index contributed by atoms with van der Waals surface area (Å²) >= 11 is 1.36. The average molecular weight is 348 g/mol. The van der Waals surface area contributed by atoms with Gasteiger partial charge in [0.2, 0.25) is 5.89 Å². The standard InChI is InChI=1S/C19H12N2O3S/c22-17(16-10-5-11-25-16)20-14-8-3-1-6-12(14)18-21-15-9-4-2-7-13(15)19(23)24-18/h1-11H,(H,20,22). The zero-order valence-electron chi connectivity index (χ0n) is 12.9. The molecule has 0 spiro atoms. The van der Waals surface area contributed by atoms with Gasteiger partial charge in [-0.15, -0.1) is 11.3 Å². The van der Waals surface area contributed by atoms with E-state index >= 15 is 0 Å². The molecule has 0 aliphatic heterocycles. The number of fused-ring (bicyclic) bond motifs is 1. The molecule has 0 aliphatic carbocycles. The molecule has 4 rings (SSSR count). The van der Waals surface area contributed by atoms with E-state index in [2.05, 4.69) is 10.3 Å². The van der Waals surface area contributed by atoms with Gasteiger partial charge in [-0.25, -0.2) is 9.78 Å². The van der Waals surface area contributed by atoms with Crippen LogP contribution in [0.3, 0.4) is 0 Å². The molecule has 2 heterocycles. The SMILES string of the molecule is O=C(Nc1ccccc1-c1nc2ccccc2c(=O)o1)c1cccs1. The minimum Gasteiger partial charge on any atom is -0.403 e. The largest absolute Gasteiger partial charge is 0.403 e. The third-order valence-corrected chi connectivity index (χ3v) is 4.55. The number of rotatable bonds is 3. The highest BCUT2D eigenvalue weighted by molar-refractivity contribution is 7.12. The summed E-state index contributed by atoms with van der Waals surface area (Å²) in [5.74, 6) is -0.0450. The number of hydrogen-bond acceptors (Lipinski definition) is 5. The highest BCUT2D eigenvalue weighted by atomic mass is 32.1. The number of nitrogens with one attached hydrogen (secondary N) is 1. The van der Waals surface area contributed by atoms with E-state index in [1.165, 1.54) is 11.3 Å². The number of carbonyl (C=O) groups is 1. The van der Waals surface area contributed by atoms with Gasteiger partial charge in [0, 0.05) is 0 Å². The number of anilines is 1. The van der Waals surface area contributed by atoms with Gasteiger partial charge >= 0.3 is 5.63 Å². The first-order valence-corrected chi connectivity index (χ1v) is 8.44. The number of carbonyl (C=O) groups excluding carboxylic acids is 1. The van der Waals surface area contributed by atoms with Crippen molar-refractivity contribution in [1.29, 1.82) is 0 Å². The Morgan fingerprint density at radius 3 is 2.64 bits per heavy atom. The fourth-order valence-corrected chi connectivity index (χ4v) is 3.12. The second-order valence-corrected chi connectivity index (χ2v) is 6.25. The Kier molecular flexibility index (Phi) is 3.87. The molecule has 4 aromatic rings. The van der Waals surface area contributed by atoms with E-state index in [0.717, 1.165) is 0 Å². The molecule has 0 atom stereocenters. The fraction of sp³-hybridized carbons (Fsp3) is 0. The molecule has 0 aliphatic rings. The van der Waals surface area contributed by atoms with E-state index in [1.807, 2.05) is 17.5 Å². The molecule has 6 heteroatoms. The Morgan fingerprint density at radius 1 is 1.00 bits per heavy atom. The smallest absolute Gasteiger partial charge is 0.347 e. The van der Waals surface area contributed by atoms with Crippen molar-refractivity contribution in [2.75, 3.05) is 5.32 Å². The minimum absolute atomic E-state index is 0.172. The van der Waals surface area contributed by atoms with Crippen LogP contribution in [0.5, 0.6) is 0 Å². The molecule has 0 radical (unpaired) electrons. The lowest BCUT2D eigenvalue weighted by Crippen LogP contribution is -2.11. The van der Waals surface area contributed by atoms with Crippen LogP contribution in [0.15, 0.2) is 75.3 Å². The third kappa shape index (κ3) is 2.95. The maximum atomic E-state index is 12.3. The van der Waals surface area contributed by atoms with Gasteiger partial charge in [0.15, 0.2) is 0 Å². The van der Waals surface area contributed by atoms with Crippen molar-refractivity contribution < 1.29 is 9.21 Å². The van der Waals surface area contributed by atoms with E-state index < -0.39 is 5.63 Å². The first kappa shape index (κ1) is 15.3. The van der Waals surface area contributed by atoms with Crippen LogP contribution in [-0.2, 0) is 0 Å². The van der Waals surface area contributed by atoms with Crippen LogP contribution in [0.1, 0.15) is 9.67 Å². The molecule has 0 fully saturated rings. The maximum Gasteiger partial charge on any atom is 0.347 e. The van der Waals surface area contributed by atoms with Crippen LogP contribution < -0.4 is 10.9 Å². The van der Waals surface area contributed by atoms with Crippen LogP contribution in [0, 0.1) is 0 Å². The quantitative estimate of drug-likeness (QED) is 0.603. The van der Waals surface area contributed by atoms with Crippen molar-refractivity contribution in [3.63, 3.8) is 0 Å². The van der Waals surface area contributed by atoms with Crippen LogP contribution in [0.2, 0.25) is 0 Å². The maximum absolute atomic E-state index is 12.3. The molecule has 2 aromatic carbocycles. The molecule has 0 unspecified atom stereocenters. The molecule has 25 heavy (non-hydrogen) atoms. The Balaban J connectivity index is 1.79. The van der Waals surface area contributed by atoms with Gasteiger partial charge in [-0.3, -0.25) is 4.79 Å². The Labute approximate surface area is 146 Å². The van der Waals surface area contributed by atoms with Gasteiger partial charge < -0.3 is 9.73 Å². The summed E-state index contributed by atoms with van der Waals surface area (Å²) in [6, 6.07) is 17.7. The summed E-state index contributed by atoms with van der Waals surface area (Å²) in [4.78, 5) is 29.5. The second kappa shape index (κ2) is 6.33. The van der Waals surface area contributed by atoms with E-state index in [0.29, 0.717) is 27.0 Å². The lowest BCUT2D eigenvalue weighted by molar-refractivity contribution is 0.103. The van der Waals surface area contributed by atoms with Gasteiger partial charge in [0.05, 0.1) is 27.0 Å². The first-order chi connectivity index (χ1) is 12.2. The molecule has 1 N–H and O–H groups in total. The molecule has 2 aromatic heterocycles. The normalized spacial score (nSPS) is 10.7. The topological polar surface area (TPSA) is 72.2 Å². The lowest BCUT2D eigenvalue weighted by atomic mass is 10.1. The number of nitrogens with zero attached hydrogens (tertiary/aromatic N) is 1. The van der Waals surface area contributed by atoms with E-state index in [1.54, 1.807) is 48.5 Å². The minimum atomic E-state index is -0.458.